The maximum atomic E-state index is 11.0. The van der Waals surface area contributed by atoms with Gasteiger partial charge in [-0.2, -0.15) is 0 Å². The minimum absolute atomic E-state index is 0.156. The average molecular weight is 251 g/mol. The molecule has 98 valence electrons. The third-order valence-corrected chi connectivity index (χ3v) is 2.32. The molecule has 0 saturated heterocycles. The molecule has 1 heterocycles. The molecule has 18 heavy (non-hydrogen) atoms. The van der Waals surface area contributed by atoms with Crippen LogP contribution in [0.25, 0.3) is 0 Å². The lowest BCUT2D eigenvalue weighted by Gasteiger charge is -2.08. The lowest BCUT2D eigenvalue weighted by atomic mass is 10.2. The van der Waals surface area contributed by atoms with Gasteiger partial charge in [-0.15, -0.1) is 0 Å². The number of aromatic nitrogens is 1. The van der Waals surface area contributed by atoms with Crippen LogP contribution in [0.2, 0.25) is 0 Å². The van der Waals surface area contributed by atoms with Gasteiger partial charge in [0.1, 0.15) is 11.5 Å². The molecule has 0 bridgehead atoms. The first kappa shape index (κ1) is 13.8. The molecular formula is C11H17N5O2. The highest BCUT2D eigenvalue weighted by Gasteiger charge is 2.06. The van der Waals surface area contributed by atoms with Crippen LogP contribution in [0.5, 0.6) is 0 Å². The van der Waals surface area contributed by atoms with E-state index in [1.165, 1.54) is 6.07 Å². The fraction of sp³-hybridized carbons (Fsp3) is 0.364. The fourth-order valence-electron chi connectivity index (χ4n) is 1.38. The van der Waals surface area contributed by atoms with E-state index in [4.69, 9.17) is 17.2 Å². The van der Waals surface area contributed by atoms with Gasteiger partial charge in [0.25, 0.3) is 5.91 Å². The molecule has 0 radical (unpaired) electrons. The molecule has 0 unspecified atom stereocenters. The molecule has 0 aliphatic rings. The van der Waals surface area contributed by atoms with E-state index in [0.717, 1.165) is 6.42 Å². The van der Waals surface area contributed by atoms with E-state index in [1.807, 2.05) is 0 Å². The number of unbranched alkanes of at least 4 members (excludes halogenated alkanes) is 1. The molecule has 0 fully saturated rings. The number of hydrogen-bond acceptors (Lipinski definition) is 5. The summed E-state index contributed by atoms with van der Waals surface area (Å²) in [5, 5.41) is 2.99. The van der Waals surface area contributed by atoms with Crippen LogP contribution < -0.4 is 22.5 Å². The second kappa shape index (κ2) is 6.43. The summed E-state index contributed by atoms with van der Waals surface area (Å²) < 4.78 is 0. The summed E-state index contributed by atoms with van der Waals surface area (Å²) in [6.45, 7) is 0.590. The molecule has 0 aliphatic heterocycles. The van der Waals surface area contributed by atoms with Crippen molar-refractivity contribution in [3.63, 3.8) is 0 Å². The number of amides is 2. The summed E-state index contributed by atoms with van der Waals surface area (Å²) in [5.74, 6) is -0.500. The second-order valence-corrected chi connectivity index (χ2v) is 3.85. The van der Waals surface area contributed by atoms with Gasteiger partial charge in [0.15, 0.2) is 0 Å². The van der Waals surface area contributed by atoms with Gasteiger partial charge in [0, 0.05) is 13.0 Å². The Kier molecular flexibility index (Phi) is 4.91. The molecule has 2 amide bonds. The Morgan fingerprint density at radius 2 is 1.94 bits per heavy atom. The Labute approximate surface area is 105 Å². The normalized spacial score (nSPS) is 10.0. The Balaban J connectivity index is 2.48. The largest absolute Gasteiger partial charge is 0.396 e. The van der Waals surface area contributed by atoms with Gasteiger partial charge >= 0.3 is 0 Å². The molecule has 1 rings (SSSR count). The summed E-state index contributed by atoms with van der Waals surface area (Å²) in [4.78, 5) is 25.5. The monoisotopic (exact) mass is 251 g/mol. The van der Waals surface area contributed by atoms with Crippen molar-refractivity contribution in [1.82, 2.24) is 4.98 Å². The number of hydrogen-bond donors (Lipinski definition) is 4. The molecule has 0 aliphatic carbocycles. The Bertz CT molecular complexity index is 447. The smallest absolute Gasteiger partial charge is 0.267 e. The summed E-state index contributed by atoms with van der Waals surface area (Å²) in [7, 11) is 0. The van der Waals surface area contributed by atoms with Gasteiger partial charge in [-0.1, -0.05) is 0 Å². The van der Waals surface area contributed by atoms with Crippen LogP contribution in [0.3, 0.4) is 0 Å². The molecule has 0 saturated carbocycles. The number of anilines is 2. The van der Waals surface area contributed by atoms with Crippen molar-refractivity contribution in [2.75, 3.05) is 17.6 Å². The third-order valence-electron chi connectivity index (χ3n) is 2.32. The molecule has 7 nitrogen and oxygen atoms in total. The number of nitrogens with two attached hydrogens (primary N) is 3. The number of carbonyl (C=O) groups excluding carboxylic acids is 2. The standard InChI is InChI=1S/C11H17N5O2/c12-7-4-5-8(10(14)18)16-11(7)15-6-2-1-3-9(13)17/h4-5H,1-3,6,12H2,(H2,13,17)(H2,14,18)(H,15,16). The molecule has 7 heteroatoms. The lowest BCUT2D eigenvalue weighted by Crippen LogP contribution is -2.15. The van der Waals surface area contributed by atoms with Crippen LogP contribution in [0.15, 0.2) is 12.1 Å². The number of nitrogen functional groups attached to an aromatic ring is 1. The van der Waals surface area contributed by atoms with Crippen LogP contribution >= 0.6 is 0 Å². The summed E-state index contributed by atoms with van der Waals surface area (Å²) >= 11 is 0. The molecule has 1 aromatic rings. The first-order valence-corrected chi connectivity index (χ1v) is 5.59. The van der Waals surface area contributed by atoms with Gasteiger partial charge in [-0.3, -0.25) is 9.59 Å². The van der Waals surface area contributed by atoms with Crippen LogP contribution in [0, 0.1) is 0 Å². The van der Waals surface area contributed by atoms with Crippen molar-refractivity contribution in [3.05, 3.63) is 17.8 Å². The maximum Gasteiger partial charge on any atom is 0.267 e. The summed E-state index contributed by atoms with van der Waals surface area (Å²) in [6.07, 6.45) is 1.80. The van der Waals surface area contributed by atoms with Gasteiger partial charge in [0.05, 0.1) is 5.69 Å². The number of primary amides is 2. The Morgan fingerprint density at radius 3 is 2.56 bits per heavy atom. The lowest BCUT2D eigenvalue weighted by molar-refractivity contribution is -0.118. The number of pyridine rings is 1. The van der Waals surface area contributed by atoms with Crippen molar-refractivity contribution in [2.45, 2.75) is 19.3 Å². The topological polar surface area (TPSA) is 137 Å². The van der Waals surface area contributed by atoms with E-state index >= 15 is 0 Å². The number of carbonyl (C=O) groups is 2. The SMILES string of the molecule is NC(=O)CCCCNc1nc(C(N)=O)ccc1N. The van der Waals surface area contributed by atoms with Gasteiger partial charge in [-0.25, -0.2) is 4.98 Å². The van der Waals surface area contributed by atoms with Crippen molar-refractivity contribution < 1.29 is 9.59 Å². The van der Waals surface area contributed by atoms with E-state index in [9.17, 15) is 9.59 Å². The molecule has 0 aromatic carbocycles. The minimum atomic E-state index is -0.605. The van der Waals surface area contributed by atoms with Crippen LogP contribution in [0.4, 0.5) is 11.5 Å². The van der Waals surface area contributed by atoms with Crippen molar-refractivity contribution in [3.8, 4) is 0 Å². The zero-order valence-corrected chi connectivity index (χ0v) is 9.98. The predicted molar refractivity (Wildman–Crippen MR) is 68.7 cm³/mol. The van der Waals surface area contributed by atoms with Crippen molar-refractivity contribution in [2.24, 2.45) is 11.5 Å². The van der Waals surface area contributed by atoms with Crippen LogP contribution in [0.1, 0.15) is 29.8 Å². The molecule has 7 N–H and O–H groups in total. The summed E-state index contributed by atoms with van der Waals surface area (Å²) in [5.41, 5.74) is 16.4. The van der Waals surface area contributed by atoms with Crippen LogP contribution in [-0.2, 0) is 4.79 Å². The molecule has 1 aromatic heterocycles. The highest BCUT2D eigenvalue weighted by atomic mass is 16.1. The number of nitrogens with one attached hydrogen (secondary N) is 1. The third kappa shape index (κ3) is 4.28. The zero-order valence-electron chi connectivity index (χ0n) is 9.98. The maximum absolute atomic E-state index is 11.0. The first-order valence-electron chi connectivity index (χ1n) is 5.59. The van der Waals surface area contributed by atoms with Gasteiger partial charge < -0.3 is 22.5 Å². The highest BCUT2D eigenvalue weighted by molar-refractivity contribution is 5.91. The zero-order chi connectivity index (χ0) is 13.5. The Morgan fingerprint density at radius 1 is 1.22 bits per heavy atom. The second-order valence-electron chi connectivity index (χ2n) is 3.85. The van der Waals surface area contributed by atoms with Crippen molar-refractivity contribution >= 4 is 23.3 Å². The minimum Gasteiger partial charge on any atom is -0.396 e. The Hall–Kier alpha value is -2.31. The van der Waals surface area contributed by atoms with E-state index in [0.29, 0.717) is 30.9 Å². The van der Waals surface area contributed by atoms with Crippen molar-refractivity contribution in [1.29, 1.82) is 0 Å². The predicted octanol–water partition coefficient (Wildman–Crippen LogP) is -0.170. The number of nitrogens with zero attached hydrogens (tertiary/aromatic N) is 1. The fourth-order valence-corrected chi connectivity index (χ4v) is 1.38. The van der Waals surface area contributed by atoms with E-state index in [2.05, 4.69) is 10.3 Å². The number of rotatable bonds is 7. The van der Waals surface area contributed by atoms with Crippen LogP contribution in [-0.4, -0.2) is 23.3 Å². The van der Waals surface area contributed by atoms with Gasteiger partial charge in [-0.05, 0) is 25.0 Å². The molecule has 0 spiro atoms. The summed E-state index contributed by atoms with van der Waals surface area (Å²) in [6, 6.07) is 3.04. The highest BCUT2D eigenvalue weighted by Crippen LogP contribution is 2.15. The van der Waals surface area contributed by atoms with E-state index < -0.39 is 5.91 Å². The molecule has 0 atom stereocenters. The quantitative estimate of drug-likeness (QED) is 0.498. The first-order chi connectivity index (χ1) is 8.50. The van der Waals surface area contributed by atoms with Gasteiger partial charge in [0.2, 0.25) is 5.91 Å². The van der Waals surface area contributed by atoms with E-state index in [-0.39, 0.29) is 11.6 Å². The molecular weight excluding hydrogens is 234 g/mol. The van der Waals surface area contributed by atoms with E-state index in [1.54, 1.807) is 6.07 Å². The average Bonchev–Trinajstić information content (AvgIpc) is 2.30.